The highest BCUT2D eigenvalue weighted by Crippen LogP contribution is 2.33. The number of carbonyl (C=O) groups excluding carboxylic acids is 1. The standard InChI is InChI=1S/C10H7F2NO2/c11-8-3-9(12)10-6(1-2-15-10)7(8)4-13-5-14/h3H,1-2,4H2. The normalized spacial score (nSPS) is 12.9. The summed E-state index contributed by atoms with van der Waals surface area (Å²) in [4.78, 5) is 13.2. The van der Waals surface area contributed by atoms with Gasteiger partial charge >= 0.3 is 0 Å². The molecular formula is C10H7F2NO2. The highest BCUT2D eigenvalue weighted by Gasteiger charge is 2.23. The fraction of sp³-hybridized carbons (Fsp3) is 0.300. The van der Waals surface area contributed by atoms with Crippen LogP contribution in [0.15, 0.2) is 11.1 Å². The molecule has 0 atom stereocenters. The van der Waals surface area contributed by atoms with Crippen molar-refractivity contribution in [1.29, 1.82) is 0 Å². The molecule has 0 radical (unpaired) electrons. The smallest absolute Gasteiger partial charge is 0.235 e. The molecule has 1 aliphatic rings. The van der Waals surface area contributed by atoms with E-state index in [9.17, 15) is 13.6 Å². The highest BCUT2D eigenvalue weighted by molar-refractivity contribution is 5.45. The minimum Gasteiger partial charge on any atom is -0.490 e. The van der Waals surface area contributed by atoms with Gasteiger partial charge < -0.3 is 4.74 Å². The van der Waals surface area contributed by atoms with Gasteiger partial charge in [0.1, 0.15) is 5.82 Å². The van der Waals surface area contributed by atoms with Crippen LogP contribution < -0.4 is 4.74 Å². The van der Waals surface area contributed by atoms with Crippen LogP contribution in [0.5, 0.6) is 5.75 Å². The summed E-state index contributed by atoms with van der Waals surface area (Å²) in [7, 11) is 0. The molecule has 0 aliphatic carbocycles. The van der Waals surface area contributed by atoms with E-state index >= 15 is 0 Å². The summed E-state index contributed by atoms with van der Waals surface area (Å²) in [6, 6.07) is 0.750. The van der Waals surface area contributed by atoms with Crippen molar-refractivity contribution in [2.45, 2.75) is 13.0 Å². The largest absolute Gasteiger partial charge is 0.490 e. The molecule has 0 spiro atoms. The van der Waals surface area contributed by atoms with Gasteiger partial charge in [-0.1, -0.05) is 0 Å². The Balaban J connectivity index is 2.53. The van der Waals surface area contributed by atoms with Crippen molar-refractivity contribution in [2.75, 3.05) is 6.61 Å². The second-order valence-corrected chi connectivity index (χ2v) is 3.13. The van der Waals surface area contributed by atoms with E-state index in [1.54, 1.807) is 0 Å². The van der Waals surface area contributed by atoms with E-state index in [-0.39, 0.29) is 17.9 Å². The lowest BCUT2D eigenvalue weighted by atomic mass is 10.0. The summed E-state index contributed by atoms with van der Waals surface area (Å²) in [5, 5.41) is 0. The van der Waals surface area contributed by atoms with E-state index in [0.29, 0.717) is 18.6 Å². The molecule has 0 saturated heterocycles. The lowest BCUT2D eigenvalue weighted by Gasteiger charge is -2.06. The Labute approximate surface area is 84.4 Å². The van der Waals surface area contributed by atoms with Crippen LogP contribution in [0.3, 0.4) is 0 Å². The second-order valence-electron chi connectivity index (χ2n) is 3.13. The average Bonchev–Trinajstić information content (AvgIpc) is 2.66. The van der Waals surface area contributed by atoms with E-state index in [1.165, 1.54) is 6.08 Å². The Morgan fingerprint density at radius 1 is 1.47 bits per heavy atom. The molecule has 0 N–H and O–H groups in total. The number of benzene rings is 1. The van der Waals surface area contributed by atoms with Gasteiger partial charge in [-0.05, 0) is 0 Å². The van der Waals surface area contributed by atoms with Gasteiger partial charge in [-0.15, -0.1) is 0 Å². The van der Waals surface area contributed by atoms with Gasteiger partial charge in [0.25, 0.3) is 0 Å². The average molecular weight is 211 g/mol. The molecule has 0 saturated carbocycles. The van der Waals surface area contributed by atoms with Gasteiger partial charge in [-0.3, -0.25) is 0 Å². The molecule has 1 heterocycles. The van der Waals surface area contributed by atoms with Crippen LogP contribution in [0.4, 0.5) is 8.78 Å². The Kier molecular flexibility index (Phi) is 2.47. The van der Waals surface area contributed by atoms with E-state index in [0.717, 1.165) is 6.07 Å². The zero-order valence-corrected chi connectivity index (χ0v) is 7.72. The van der Waals surface area contributed by atoms with Crippen molar-refractivity contribution < 1.29 is 18.3 Å². The van der Waals surface area contributed by atoms with Crippen molar-refractivity contribution >= 4 is 6.08 Å². The monoisotopic (exact) mass is 211 g/mol. The van der Waals surface area contributed by atoms with Crippen LogP contribution in [0.25, 0.3) is 0 Å². The maximum absolute atomic E-state index is 13.3. The van der Waals surface area contributed by atoms with Crippen molar-refractivity contribution in [2.24, 2.45) is 4.99 Å². The van der Waals surface area contributed by atoms with Gasteiger partial charge in [-0.25, -0.2) is 18.6 Å². The predicted molar refractivity (Wildman–Crippen MR) is 47.4 cm³/mol. The van der Waals surface area contributed by atoms with Crippen LogP contribution in [0, 0.1) is 11.6 Å². The van der Waals surface area contributed by atoms with Gasteiger partial charge in [0.2, 0.25) is 6.08 Å². The first-order chi connectivity index (χ1) is 7.24. The quantitative estimate of drug-likeness (QED) is 0.552. The highest BCUT2D eigenvalue weighted by atomic mass is 19.1. The summed E-state index contributed by atoms with van der Waals surface area (Å²) in [6.07, 6.45) is 1.76. The number of fused-ring (bicyclic) bond motifs is 1. The molecule has 1 aromatic carbocycles. The number of halogens is 2. The van der Waals surface area contributed by atoms with Crippen molar-refractivity contribution in [3.63, 3.8) is 0 Å². The molecule has 0 aromatic heterocycles. The maximum atomic E-state index is 13.3. The van der Waals surface area contributed by atoms with Crippen LogP contribution in [0.1, 0.15) is 11.1 Å². The maximum Gasteiger partial charge on any atom is 0.235 e. The van der Waals surface area contributed by atoms with E-state index < -0.39 is 11.6 Å². The Morgan fingerprint density at radius 2 is 2.27 bits per heavy atom. The summed E-state index contributed by atoms with van der Waals surface area (Å²) in [5.74, 6) is -1.33. The van der Waals surface area contributed by atoms with Crippen molar-refractivity contribution in [3.8, 4) is 5.75 Å². The summed E-state index contributed by atoms with van der Waals surface area (Å²) >= 11 is 0. The van der Waals surface area contributed by atoms with Gasteiger partial charge in [0, 0.05) is 23.6 Å². The molecule has 0 bridgehead atoms. The molecule has 5 heteroatoms. The second kappa shape index (κ2) is 3.79. The SMILES string of the molecule is O=C=NCc1c(F)cc(F)c2c1CCO2. The third-order valence-electron chi connectivity index (χ3n) is 2.30. The molecule has 1 aliphatic heterocycles. The Bertz CT molecular complexity index is 453. The first kappa shape index (κ1) is 9.80. The van der Waals surface area contributed by atoms with Crippen LogP contribution in [-0.2, 0) is 17.8 Å². The first-order valence-electron chi connectivity index (χ1n) is 4.40. The van der Waals surface area contributed by atoms with Crippen molar-refractivity contribution in [3.05, 3.63) is 28.8 Å². The zero-order chi connectivity index (χ0) is 10.8. The number of isocyanates is 1. The van der Waals surface area contributed by atoms with Crippen molar-refractivity contribution in [1.82, 2.24) is 0 Å². The van der Waals surface area contributed by atoms with Crippen LogP contribution in [-0.4, -0.2) is 12.7 Å². The van der Waals surface area contributed by atoms with Gasteiger partial charge in [-0.2, -0.15) is 0 Å². The zero-order valence-electron chi connectivity index (χ0n) is 7.72. The fourth-order valence-corrected chi connectivity index (χ4v) is 1.65. The predicted octanol–water partition coefficient (Wildman–Crippen LogP) is 1.74. The molecule has 2 rings (SSSR count). The first-order valence-corrected chi connectivity index (χ1v) is 4.40. The molecule has 0 fully saturated rings. The molecule has 15 heavy (non-hydrogen) atoms. The fourth-order valence-electron chi connectivity index (χ4n) is 1.65. The molecule has 0 amide bonds. The number of aliphatic imine (C=N–C) groups is 1. The number of nitrogens with zero attached hydrogens (tertiary/aromatic N) is 1. The topological polar surface area (TPSA) is 38.7 Å². The lowest BCUT2D eigenvalue weighted by Crippen LogP contribution is -1.97. The number of ether oxygens (including phenoxy) is 1. The molecule has 78 valence electrons. The minimum atomic E-state index is -0.709. The van der Waals surface area contributed by atoms with E-state index in [1.807, 2.05) is 0 Å². The lowest BCUT2D eigenvalue weighted by molar-refractivity contribution is 0.338. The minimum absolute atomic E-state index is 0.0764. The summed E-state index contributed by atoms with van der Waals surface area (Å²) < 4.78 is 31.5. The van der Waals surface area contributed by atoms with Crippen LogP contribution in [0.2, 0.25) is 0 Å². The third-order valence-corrected chi connectivity index (χ3v) is 2.30. The van der Waals surface area contributed by atoms with Gasteiger partial charge in [0.05, 0.1) is 13.2 Å². The van der Waals surface area contributed by atoms with E-state index in [2.05, 4.69) is 4.99 Å². The van der Waals surface area contributed by atoms with Crippen LogP contribution >= 0.6 is 0 Å². The Hall–Kier alpha value is -1.74. The molecule has 1 aromatic rings. The van der Waals surface area contributed by atoms with Gasteiger partial charge in [0.15, 0.2) is 11.6 Å². The summed E-state index contributed by atoms with van der Waals surface area (Å²) in [5.41, 5.74) is 0.679. The number of rotatable bonds is 2. The third kappa shape index (κ3) is 1.62. The molecule has 0 unspecified atom stereocenters. The number of hydrogen-bond donors (Lipinski definition) is 0. The Morgan fingerprint density at radius 3 is 3.00 bits per heavy atom. The molecule has 3 nitrogen and oxygen atoms in total. The summed E-state index contributed by atoms with van der Waals surface area (Å²) in [6.45, 7) is 0.203. The number of hydrogen-bond acceptors (Lipinski definition) is 3. The van der Waals surface area contributed by atoms with E-state index in [4.69, 9.17) is 4.74 Å². The molecular weight excluding hydrogens is 204 g/mol.